The summed E-state index contributed by atoms with van der Waals surface area (Å²) >= 11 is 0. The molecule has 28 heavy (non-hydrogen) atoms. The molecule has 5 heteroatoms. The van der Waals surface area contributed by atoms with E-state index in [0.29, 0.717) is 29.3 Å². The van der Waals surface area contributed by atoms with Crippen LogP contribution in [0.4, 0.5) is 5.69 Å². The zero-order valence-corrected chi connectivity index (χ0v) is 16.3. The van der Waals surface area contributed by atoms with Crippen molar-refractivity contribution in [1.29, 1.82) is 0 Å². The van der Waals surface area contributed by atoms with Crippen molar-refractivity contribution in [3.05, 3.63) is 65.4 Å². The number of benzene rings is 2. The number of ether oxygens (including phenoxy) is 1. The van der Waals surface area contributed by atoms with E-state index in [9.17, 15) is 9.59 Å². The summed E-state index contributed by atoms with van der Waals surface area (Å²) < 4.78 is 5.55. The Labute approximate surface area is 165 Å². The maximum Gasteiger partial charge on any atom is 0.282 e. The molecule has 2 amide bonds. The van der Waals surface area contributed by atoms with E-state index in [4.69, 9.17) is 4.74 Å². The molecule has 1 saturated heterocycles. The quantitative estimate of drug-likeness (QED) is 0.746. The molecule has 0 aliphatic carbocycles. The Balaban J connectivity index is 1.79. The van der Waals surface area contributed by atoms with Crippen LogP contribution in [0.5, 0.6) is 5.75 Å². The molecule has 2 aliphatic heterocycles. The smallest absolute Gasteiger partial charge is 0.282 e. The van der Waals surface area contributed by atoms with Gasteiger partial charge < -0.3 is 9.64 Å². The second kappa shape index (κ2) is 7.50. The molecule has 0 spiro atoms. The number of hydrogen-bond acceptors (Lipinski definition) is 4. The predicted octanol–water partition coefficient (Wildman–Crippen LogP) is 3.77. The number of carbonyl (C=O) groups excluding carboxylic acids is 2. The monoisotopic (exact) mass is 376 g/mol. The first kappa shape index (κ1) is 18.3. The molecule has 144 valence electrons. The Kier molecular flexibility index (Phi) is 4.90. The highest BCUT2D eigenvalue weighted by molar-refractivity contribution is 6.45. The summed E-state index contributed by atoms with van der Waals surface area (Å²) in [5, 5.41) is 0. The summed E-state index contributed by atoms with van der Waals surface area (Å²) in [7, 11) is 0. The summed E-state index contributed by atoms with van der Waals surface area (Å²) in [6, 6.07) is 14.9. The fourth-order valence-electron chi connectivity index (χ4n) is 3.85. The first-order chi connectivity index (χ1) is 13.6. The predicted molar refractivity (Wildman–Crippen MR) is 109 cm³/mol. The van der Waals surface area contributed by atoms with Crippen molar-refractivity contribution in [3.63, 3.8) is 0 Å². The SMILES string of the molecule is CCOc1cccc(N2C(=O)C(c3ccc(C)cc3)=C(N3CCCC3)C2=O)c1. The lowest BCUT2D eigenvalue weighted by atomic mass is 10.0. The minimum Gasteiger partial charge on any atom is -0.494 e. The van der Waals surface area contributed by atoms with Gasteiger partial charge in [-0.3, -0.25) is 9.59 Å². The molecule has 2 aromatic rings. The van der Waals surface area contributed by atoms with E-state index in [0.717, 1.165) is 37.1 Å². The van der Waals surface area contributed by atoms with Crippen LogP contribution >= 0.6 is 0 Å². The third-order valence-corrected chi connectivity index (χ3v) is 5.21. The molecule has 5 nitrogen and oxygen atoms in total. The molecule has 0 radical (unpaired) electrons. The second-order valence-corrected chi connectivity index (χ2v) is 7.16. The molecule has 4 rings (SSSR count). The zero-order valence-electron chi connectivity index (χ0n) is 16.3. The van der Waals surface area contributed by atoms with Gasteiger partial charge in [-0.25, -0.2) is 4.90 Å². The lowest BCUT2D eigenvalue weighted by Crippen LogP contribution is -2.34. The van der Waals surface area contributed by atoms with Gasteiger partial charge in [0, 0.05) is 19.2 Å². The van der Waals surface area contributed by atoms with Gasteiger partial charge in [0.25, 0.3) is 11.8 Å². The second-order valence-electron chi connectivity index (χ2n) is 7.16. The van der Waals surface area contributed by atoms with E-state index < -0.39 is 0 Å². The number of amides is 2. The number of rotatable bonds is 5. The molecule has 2 aromatic carbocycles. The first-order valence-corrected chi connectivity index (χ1v) is 9.78. The summed E-state index contributed by atoms with van der Waals surface area (Å²) in [6.07, 6.45) is 2.07. The van der Waals surface area contributed by atoms with Crippen molar-refractivity contribution in [2.24, 2.45) is 0 Å². The maximum atomic E-state index is 13.4. The summed E-state index contributed by atoms with van der Waals surface area (Å²) in [5.74, 6) is 0.118. The highest BCUT2D eigenvalue weighted by Crippen LogP contribution is 2.37. The van der Waals surface area contributed by atoms with Crippen LogP contribution in [0.1, 0.15) is 30.9 Å². The lowest BCUT2D eigenvalue weighted by molar-refractivity contribution is -0.120. The van der Waals surface area contributed by atoms with Crippen molar-refractivity contribution in [2.75, 3.05) is 24.6 Å². The van der Waals surface area contributed by atoms with Crippen LogP contribution in [0.15, 0.2) is 54.2 Å². The standard InChI is InChI=1S/C23H24N2O3/c1-3-28-19-8-6-7-18(15-19)25-22(26)20(17-11-9-16(2)10-12-17)21(23(25)27)24-13-4-5-14-24/h6-12,15H,3-5,13-14H2,1-2H3. The van der Waals surface area contributed by atoms with Crippen LogP contribution in [0.25, 0.3) is 5.57 Å². The Morgan fingerprint density at radius 3 is 2.36 bits per heavy atom. The van der Waals surface area contributed by atoms with Gasteiger partial charge in [0.2, 0.25) is 0 Å². The molecule has 0 atom stereocenters. The molecule has 1 fully saturated rings. The van der Waals surface area contributed by atoms with Crippen molar-refractivity contribution in [2.45, 2.75) is 26.7 Å². The van der Waals surface area contributed by atoms with Crippen molar-refractivity contribution < 1.29 is 14.3 Å². The fourth-order valence-corrected chi connectivity index (χ4v) is 3.85. The maximum absolute atomic E-state index is 13.4. The zero-order chi connectivity index (χ0) is 19.7. The van der Waals surface area contributed by atoms with Crippen LogP contribution in [0.2, 0.25) is 0 Å². The van der Waals surface area contributed by atoms with Gasteiger partial charge >= 0.3 is 0 Å². The summed E-state index contributed by atoms with van der Waals surface area (Å²) in [5.41, 5.74) is 3.46. The number of anilines is 1. The average molecular weight is 376 g/mol. The molecular weight excluding hydrogens is 352 g/mol. The third kappa shape index (κ3) is 3.17. The molecule has 0 unspecified atom stereocenters. The number of imide groups is 1. The van der Waals surface area contributed by atoms with E-state index >= 15 is 0 Å². The topological polar surface area (TPSA) is 49.9 Å². The average Bonchev–Trinajstić information content (AvgIpc) is 3.29. The third-order valence-electron chi connectivity index (χ3n) is 5.21. The molecule has 0 aromatic heterocycles. The van der Waals surface area contributed by atoms with Gasteiger partial charge in [-0.05, 0) is 44.4 Å². The normalized spacial score (nSPS) is 17.1. The molecule has 2 aliphatic rings. The van der Waals surface area contributed by atoms with Crippen LogP contribution < -0.4 is 9.64 Å². The van der Waals surface area contributed by atoms with Crippen LogP contribution in [-0.2, 0) is 9.59 Å². The Bertz CT molecular complexity index is 941. The Hall–Kier alpha value is -3.08. The van der Waals surface area contributed by atoms with Gasteiger partial charge in [0.05, 0.1) is 17.9 Å². The van der Waals surface area contributed by atoms with E-state index in [1.807, 2.05) is 44.2 Å². The van der Waals surface area contributed by atoms with Gasteiger partial charge in [0.15, 0.2) is 0 Å². The van der Waals surface area contributed by atoms with E-state index in [-0.39, 0.29) is 11.8 Å². The number of carbonyl (C=O) groups is 2. The highest BCUT2D eigenvalue weighted by Gasteiger charge is 2.43. The van der Waals surface area contributed by atoms with Crippen molar-refractivity contribution in [3.8, 4) is 5.75 Å². The van der Waals surface area contributed by atoms with E-state index in [1.165, 1.54) is 4.90 Å². The van der Waals surface area contributed by atoms with Crippen LogP contribution in [-0.4, -0.2) is 36.4 Å². The fraction of sp³-hybridized carbons (Fsp3) is 0.304. The van der Waals surface area contributed by atoms with Crippen LogP contribution in [0.3, 0.4) is 0 Å². The minimum absolute atomic E-state index is 0.254. The molecular formula is C23H24N2O3. The molecule has 0 saturated carbocycles. The molecule has 2 heterocycles. The van der Waals surface area contributed by atoms with Gasteiger partial charge in [-0.15, -0.1) is 0 Å². The van der Waals surface area contributed by atoms with Crippen LogP contribution in [0, 0.1) is 6.92 Å². The number of nitrogens with zero attached hydrogens (tertiary/aromatic N) is 2. The molecule has 0 N–H and O–H groups in total. The number of likely N-dealkylation sites (tertiary alicyclic amines) is 1. The molecule has 0 bridgehead atoms. The van der Waals surface area contributed by atoms with Gasteiger partial charge in [0.1, 0.15) is 11.4 Å². The van der Waals surface area contributed by atoms with Crippen molar-refractivity contribution in [1.82, 2.24) is 4.90 Å². The highest BCUT2D eigenvalue weighted by atomic mass is 16.5. The number of aryl methyl sites for hydroxylation is 1. The first-order valence-electron chi connectivity index (χ1n) is 9.78. The van der Waals surface area contributed by atoms with E-state index in [1.54, 1.807) is 18.2 Å². The van der Waals surface area contributed by atoms with E-state index in [2.05, 4.69) is 4.90 Å². The number of hydrogen-bond donors (Lipinski definition) is 0. The lowest BCUT2D eigenvalue weighted by Gasteiger charge is -2.20. The van der Waals surface area contributed by atoms with Gasteiger partial charge in [-0.2, -0.15) is 0 Å². The minimum atomic E-state index is -0.274. The summed E-state index contributed by atoms with van der Waals surface area (Å²) in [6.45, 7) is 6.04. The van der Waals surface area contributed by atoms with Crippen molar-refractivity contribution >= 4 is 23.1 Å². The summed E-state index contributed by atoms with van der Waals surface area (Å²) in [4.78, 5) is 30.1. The van der Waals surface area contributed by atoms with Gasteiger partial charge in [-0.1, -0.05) is 35.9 Å². The Morgan fingerprint density at radius 1 is 0.964 bits per heavy atom. The Morgan fingerprint density at radius 2 is 1.68 bits per heavy atom. The largest absolute Gasteiger partial charge is 0.494 e.